The minimum atomic E-state index is 0.424. The van der Waals surface area contributed by atoms with Gasteiger partial charge in [-0.2, -0.15) is 0 Å². The monoisotopic (exact) mass is 241 g/mol. The van der Waals surface area contributed by atoms with Crippen molar-refractivity contribution in [1.29, 1.82) is 0 Å². The molecule has 2 N–H and O–H groups in total. The molecule has 70 valence electrons. The molecule has 1 aliphatic heterocycles. The molecule has 3 nitrogen and oxygen atoms in total. The fourth-order valence-corrected chi connectivity index (χ4v) is 1.91. The number of hydrogen-bond donors (Lipinski definition) is 2. The van der Waals surface area contributed by atoms with Crippen LogP contribution in [-0.2, 0) is 0 Å². The Morgan fingerprint density at radius 1 is 1.46 bits per heavy atom. The lowest BCUT2D eigenvalue weighted by Crippen LogP contribution is -2.42. The first-order chi connectivity index (χ1) is 6.36. The number of nitrogens with zero attached hydrogens (tertiary/aromatic N) is 1. The Balaban J connectivity index is 2.14. The molecule has 2 rings (SSSR count). The molecule has 0 aliphatic carbocycles. The molecule has 0 aromatic carbocycles. The van der Waals surface area contributed by atoms with E-state index in [4.69, 9.17) is 0 Å². The largest absolute Gasteiger partial charge is 0.314 e. The van der Waals surface area contributed by atoms with E-state index in [1.54, 1.807) is 0 Å². The van der Waals surface area contributed by atoms with Crippen LogP contribution in [0.15, 0.2) is 22.9 Å². The van der Waals surface area contributed by atoms with E-state index >= 15 is 0 Å². The third kappa shape index (κ3) is 2.27. The van der Waals surface area contributed by atoms with Gasteiger partial charge < -0.3 is 10.6 Å². The number of pyridine rings is 1. The van der Waals surface area contributed by atoms with Crippen molar-refractivity contribution in [3.8, 4) is 0 Å². The van der Waals surface area contributed by atoms with E-state index in [2.05, 4.69) is 43.7 Å². The molecule has 4 heteroatoms. The van der Waals surface area contributed by atoms with E-state index in [0.717, 1.165) is 24.2 Å². The number of rotatable bonds is 1. The third-order valence-corrected chi connectivity index (χ3v) is 2.63. The second kappa shape index (κ2) is 4.17. The van der Waals surface area contributed by atoms with Crippen molar-refractivity contribution in [3.63, 3.8) is 0 Å². The van der Waals surface area contributed by atoms with Gasteiger partial charge in [-0.15, -0.1) is 0 Å². The lowest BCUT2D eigenvalue weighted by Gasteiger charge is -2.24. The second-order valence-corrected chi connectivity index (χ2v) is 3.94. The number of hydrogen-bond acceptors (Lipinski definition) is 3. The van der Waals surface area contributed by atoms with Gasteiger partial charge in [0.2, 0.25) is 0 Å². The molecule has 1 saturated heterocycles. The zero-order valence-electron chi connectivity index (χ0n) is 7.26. The van der Waals surface area contributed by atoms with Gasteiger partial charge in [-0.3, -0.25) is 0 Å². The SMILES string of the molecule is Brc1cc([C@@H]2CNCCN2)ccn1. The number of piperazine rings is 1. The molecule has 1 aliphatic rings. The van der Waals surface area contributed by atoms with E-state index in [1.165, 1.54) is 5.56 Å². The lowest BCUT2D eigenvalue weighted by atomic mass is 10.1. The van der Waals surface area contributed by atoms with Gasteiger partial charge in [0.25, 0.3) is 0 Å². The van der Waals surface area contributed by atoms with Gasteiger partial charge in [0.15, 0.2) is 0 Å². The highest BCUT2D eigenvalue weighted by molar-refractivity contribution is 9.10. The molecular weight excluding hydrogens is 230 g/mol. The Bertz CT molecular complexity index is 284. The van der Waals surface area contributed by atoms with Crippen molar-refractivity contribution in [3.05, 3.63) is 28.5 Å². The Hall–Kier alpha value is -0.450. The van der Waals surface area contributed by atoms with Crippen LogP contribution in [0.1, 0.15) is 11.6 Å². The maximum Gasteiger partial charge on any atom is 0.106 e. The smallest absolute Gasteiger partial charge is 0.106 e. The first-order valence-corrected chi connectivity index (χ1v) is 5.21. The first-order valence-electron chi connectivity index (χ1n) is 4.42. The molecule has 0 spiro atoms. The Kier molecular flexibility index (Phi) is 2.93. The van der Waals surface area contributed by atoms with Gasteiger partial charge in [0, 0.05) is 31.9 Å². The Morgan fingerprint density at radius 3 is 3.08 bits per heavy atom. The van der Waals surface area contributed by atoms with Crippen molar-refractivity contribution in [1.82, 2.24) is 15.6 Å². The molecule has 0 unspecified atom stereocenters. The van der Waals surface area contributed by atoms with Crippen molar-refractivity contribution in [2.45, 2.75) is 6.04 Å². The molecule has 1 atom stereocenters. The standard InChI is InChI=1S/C9H12BrN3/c10-9-5-7(1-2-13-9)8-6-11-3-4-12-8/h1-2,5,8,11-12H,3-4,6H2/t8-/m0/s1. The van der Waals surface area contributed by atoms with E-state index in [0.29, 0.717) is 6.04 Å². The highest BCUT2D eigenvalue weighted by Crippen LogP contribution is 2.16. The summed E-state index contributed by atoms with van der Waals surface area (Å²) in [6, 6.07) is 4.54. The summed E-state index contributed by atoms with van der Waals surface area (Å²) >= 11 is 3.37. The molecule has 1 fully saturated rings. The van der Waals surface area contributed by atoms with Crippen LogP contribution in [0.4, 0.5) is 0 Å². The van der Waals surface area contributed by atoms with Gasteiger partial charge in [-0.1, -0.05) is 0 Å². The van der Waals surface area contributed by atoms with E-state index < -0.39 is 0 Å². The van der Waals surface area contributed by atoms with Crippen LogP contribution in [0.25, 0.3) is 0 Å². The average Bonchev–Trinajstić information content (AvgIpc) is 2.19. The summed E-state index contributed by atoms with van der Waals surface area (Å²) in [5.41, 5.74) is 1.29. The quantitative estimate of drug-likeness (QED) is 0.723. The zero-order chi connectivity index (χ0) is 9.10. The summed E-state index contributed by atoms with van der Waals surface area (Å²) in [5, 5.41) is 6.81. The van der Waals surface area contributed by atoms with Crippen LogP contribution in [0.3, 0.4) is 0 Å². The summed E-state index contributed by atoms with van der Waals surface area (Å²) in [6.45, 7) is 3.09. The third-order valence-electron chi connectivity index (χ3n) is 2.19. The molecule has 2 heterocycles. The molecule has 0 saturated carbocycles. The lowest BCUT2D eigenvalue weighted by molar-refractivity contribution is 0.430. The number of aromatic nitrogens is 1. The van der Waals surface area contributed by atoms with Gasteiger partial charge >= 0.3 is 0 Å². The molecule has 0 amide bonds. The fourth-order valence-electron chi connectivity index (χ4n) is 1.52. The average molecular weight is 242 g/mol. The summed E-state index contributed by atoms with van der Waals surface area (Å²) in [6.07, 6.45) is 1.83. The van der Waals surface area contributed by atoms with Crippen molar-refractivity contribution < 1.29 is 0 Å². The highest BCUT2D eigenvalue weighted by atomic mass is 79.9. The minimum Gasteiger partial charge on any atom is -0.314 e. The second-order valence-electron chi connectivity index (χ2n) is 3.12. The first kappa shape index (κ1) is 9.12. The van der Waals surface area contributed by atoms with Gasteiger partial charge in [0.05, 0.1) is 0 Å². The minimum absolute atomic E-state index is 0.424. The number of nitrogens with one attached hydrogen (secondary N) is 2. The van der Waals surface area contributed by atoms with Gasteiger partial charge in [-0.05, 0) is 33.6 Å². The van der Waals surface area contributed by atoms with Crippen LogP contribution in [0, 0.1) is 0 Å². The van der Waals surface area contributed by atoms with E-state index in [9.17, 15) is 0 Å². The van der Waals surface area contributed by atoms with Crippen LogP contribution >= 0.6 is 15.9 Å². The molecule has 1 aromatic rings. The molecule has 0 radical (unpaired) electrons. The predicted molar refractivity (Wildman–Crippen MR) is 55.6 cm³/mol. The summed E-state index contributed by atoms with van der Waals surface area (Å²) < 4.78 is 0.900. The Morgan fingerprint density at radius 2 is 2.38 bits per heavy atom. The summed E-state index contributed by atoms with van der Waals surface area (Å²) in [5.74, 6) is 0. The molecule has 1 aromatic heterocycles. The van der Waals surface area contributed by atoms with Crippen LogP contribution < -0.4 is 10.6 Å². The number of halogens is 1. The maximum absolute atomic E-state index is 4.10. The van der Waals surface area contributed by atoms with Crippen LogP contribution in [-0.4, -0.2) is 24.6 Å². The van der Waals surface area contributed by atoms with Crippen molar-refractivity contribution in [2.24, 2.45) is 0 Å². The highest BCUT2D eigenvalue weighted by Gasteiger charge is 2.13. The summed E-state index contributed by atoms with van der Waals surface area (Å²) in [7, 11) is 0. The van der Waals surface area contributed by atoms with E-state index in [-0.39, 0.29) is 0 Å². The van der Waals surface area contributed by atoms with E-state index in [1.807, 2.05) is 6.20 Å². The molecule has 13 heavy (non-hydrogen) atoms. The zero-order valence-corrected chi connectivity index (χ0v) is 8.84. The fraction of sp³-hybridized carbons (Fsp3) is 0.444. The van der Waals surface area contributed by atoms with Gasteiger partial charge in [0.1, 0.15) is 4.60 Å². The van der Waals surface area contributed by atoms with Crippen molar-refractivity contribution >= 4 is 15.9 Å². The van der Waals surface area contributed by atoms with Crippen LogP contribution in [0.5, 0.6) is 0 Å². The molecule has 0 bridgehead atoms. The molecular formula is C9H12BrN3. The van der Waals surface area contributed by atoms with Gasteiger partial charge in [-0.25, -0.2) is 4.98 Å². The predicted octanol–water partition coefficient (Wildman–Crippen LogP) is 1.08. The van der Waals surface area contributed by atoms with Crippen LogP contribution in [0.2, 0.25) is 0 Å². The normalized spacial score (nSPS) is 23.0. The Labute approximate surface area is 86.1 Å². The topological polar surface area (TPSA) is 37.0 Å². The summed E-state index contributed by atoms with van der Waals surface area (Å²) in [4.78, 5) is 4.10. The van der Waals surface area contributed by atoms with Crippen molar-refractivity contribution in [2.75, 3.05) is 19.6 Å². The maximum atomic E-state index is 4.10.